The first-order valence-electron chi connectivity index (χ1n) is 6.17. The third-order valence-electron chi connectivity index (χ3n) is 2.81. The van der Waals surface area contributed by atoms with E-state index in [1.807, 2.05) is 12.1 Å². The smallest absolute Gasteiger partial charge is 0.321 e. The van der Waals surface area contributed by atoms with Crippen molar-refractivity contribution < 1.29 is 24.6 Å². The minimum absolute atomic E-state index is 0.0574. The van der Waals surface area contributed by atoms with Gasteiger partial charge in [0.05, 0.1) is 5.37 Å². The Balaban J connectivity index is 1.82. The fraction of sp³-hybridized carbons (Fsp3) is 0.417. The van der Waals surface area contributed by atoms with Crippen LogP contribution in [0.2, 0.25) is 0 Å². The summed E-state index contributed by atoms with van der Waals surface area (Å²) in [6, 6.07) is 6.60. The van der Waals surface area contributed by atoms with Crippen molar-refractivity contribution in [2.24, 2.45) is 0 Å². The standard InChI is InChI=1S/C12H14N2O6S/c15-12(16)10-7-21-11(13-10)8-1-3-9(4-2-8)19-5-6-20-14(17)18/h1-4,10-11,13H,5-7H2,(H,15,16). The number of carbonyl (C=O) groups is 1. The summed E-state index contributed by atoms with van der Waals surface area (Å²) in [4.78, 5) is 25.0. The van der Waals surface area contributed by atoms with Gasteiger partial charge in [-0.25, -0.2) is 0 Å². The zero-order valence-electron chi connectivity index (χ0n) is 10.9. The SMILES string of the molecule is O=C(O)C1CSC(c2ccc(OCCO[N+](=O)[O-])cc2)N1. The highest BCUT2D eigenvalue weighted by Gasteiger charge is 2.30. The molecule has 9 heteroatoms. The van der Waals surface area contributed by atoms with Gasteiger partial charge in [-0.2, -0.15) is 0 Å². The lowest BCUT2D eigenvalue weighted by Gasteiger charge is -2.12. The summed E-state index contributed by atoms with van der Waals surface area (Å²) in [5.41, 5.74) is 0.956. The summed E-state index contributed by atoms with van der Waals surface area (Å²) in [6.07, 6.45) is 0. The van der Waals surface area contributed by atoms with E-state index >= 15 is 0 Å². The second-order valence-electron chi connectivity index (χ2n) is 4.25. The lowest BCUT2D eigenvalue weighted by atomic mass is 10.2. The summed E-state index contributed by atoms with van der Waals surface area (Å²) < 4.78 is 5.28. The lowest BCUT2D eigenvalue weighted by Crippen LogP contribution is -2.33. The highest BCUT2D eigenvalue weighted by atomic mass is 32.2. The van der Waals surface area contributed by atoms with Crippen molar-refractivity contribution in [1.29, 1.82) is 0 Å². The molecule has 114 valence electrons. The number of carboxylic acid groups (broad SMARTS) is 1. The Morgan fingerprint density at radius 3 is 2.71 bits per heavy atom. The Morgan fingerprint density at radius 2 is 2.14 bits per heavy atom. The van der Waals surface area contributed by atoms with E-state index in [1.54, 1.807) is 12.1 Å². The van der Waals surface area contributed by atoms with Gasteiger partial charge in [0.1, 0.15) is 25.0 Å². The largest absolute Gasteiger partial charge is 0.492 e. The van der Waals surface area contributed by atoms with E-state index in [1.165, 1.54) is 11.8 Å². The maximum absolute atomic E-state index is 10.9. The second kappa shape index (κ2) is 7.14. The van der Waals surface area contributed by atoms with E-state index in [9.17, 15) is 14.9 Å². The minimum Gasteiger partial charge on any atom is -0.492 e. The fourth-order valence-corrected chi connectivity index (χ4v) is 3.05. The first-order chi connectivity index (χ1) is 10.1. The van der Waals surface area contributed by atoms with Gasteiger partial charge < -0.3 is 14.7 Å². The molecule has 2 atom stereocenters. The number of ether oxygens (including phenoxy) is 1. The van der Waals surface area contributed by atoms with Crippen molar-refractivity contribution in [3.8, 4) is 5.75 Å². The Morgan fingerprint density at radius 1 is 1.43 bits per heavy atom. The van der Waals surface area contributed by atoms with Crippen LogP contribution in [0.1, 0.15) is 10.9 Å². The number of rotatable bonds is 7. The normalized spacial score (nSPS) is 21.0. The quantitative estimate of drug-likeness (QED) is 0.436. The van der Waals surface area contributed by atoms with Gasteiger partial charge in [-0.15, -0.1) is 21.9 Å². The zero-order valence-corrected chi connectivity index (χ0v) is 11.7. The molecule has 0 radical (unpaired) electrons. The second-order valence-corrected chi connectivity index (χ2v) is 5.38. The van der Waals surface area contributed by atoms with Gasteiger partial charge in [-0.1, -0.05) is 12.1 Å². The van der Waals surface area contributed by atoms with Gasteiger partial charge in [0.15, 0.2) is 0 Å². The van der Waals surface area contributed by atoms with Crippen LogP contribution in [0.4, 0.5) is 0 Å². The van der Waals surface area contributed by atoms with E-state index in [0.29, 0.717) is 11.5 Å². The first kappa shape index (κ1) is 15.4. The number of hydrogen-bond donors (Lipinski definition) is 2. The van der Waals surface area contributed by atoms with E-state index in [2.05, 4.69) is 10.2 Å². The molecule has 0 saturated carbocycles. The molecule has 1 aliphatic rings. The monoisotopic (exact) mass is 314 g/mol. The maximum atomic E-state index is 10.9. The number of aliphatic carboxylic acids is 1. The van der Waals surface area contributed by atoms with Crippen molar-refractivity contribution in [2.75, 3.05) is 19.0 Å². The summed E-state index contributed by atoms with van der Waals surface area (Å²) in [6.45, 7) is -0.0487. The molecule has 0 aliphatic carbocycles. The average Bonchev–Trinajstić information content (AvgIpc) is 2.94. The number of thioether (sulfide) groups is 1. The molecule has 2 N–H and O–H groups in total. The molecule has 1 saturated heterocycles. The predicted octanol–water partition coefficient (Wildman–Crippen LogP) is 1.06. The molecule has 0 spiro atoms. The molecule has 2 unspecified atom stereocenters. The summed E-state index contributed by atoms with van der Waals surface area (Å²) in [5.74, 6) is 0.246. The van der Waals surface area contributed by atoms with E-state index in [-0.39, 0.29) is 18.6 Å². The summed E-state index contributed by atoms with van der Waals surface area (Å²) >= 11 is 1.53. The summed E-state index contributed by atoms with van der Waals surface area (Å²) in [7, 11) is 0. The van der Waals surface area contributed by atoms with Gasteiger partial charge in [-0.3, -0.25) is 10.1 Å². The van der Waals surface area contributed by atoms with E-state index in [0.717, 1.165) is 5.56 Å². The van der Waals surface area contributed by atoms with Crippen LogP contribution in [-0.4, -0.2) is 41.2 Å². The van der Waals surface area contributed by atoms with E-state index < -0.39 is 17.1 Å². The van der Waals surface area contributed by atoms with Crippen LogP contribution in [0.25, 0.3) is 0 Å². The van der Waals surface area contributed by atoms with Crippen LogP contribution in [0, 0.1) is 10.1 Å². The Kier molecular flexibility index (Phi) is 5.23. The molecular weight excluding hydrogens is 300 g/mol. The van der Waals surface area contributed by atoms with Gasteiger partial charge >= 0.3 is 5.97 Å². The molecule has 0 bridgehead atoms. The summed E-state index contributed by atoms with van der Waals surface area (Å²) in [5, 5.41) is 21.0. The molecule has 0 amide bonds. The molecule has 1 fully saturated rings. The van der Waals surface area contributed by atoms with Crippen molar-refractivity contribution in [3.63, 3.8) is 0 Å². The third kappa shape index (κ3) is 4.50. The highest BCUT2D eigenvalue weighted by molar-refractivity contribution is 7.99. The van der Waals surface area contributed by atoms with Crippen molar-refractivity contribution in [2.45, 2.75) is 11.4 Å². The Hall–Kier alpha value is -2.00. The van der Waals surface area contributed by atoms with Crippen LogP contribution in [-0.2, 0) is 9.63 Å². The van der Waals surface area contributed by atoms with Crippen molar-refractivity contribution in [1.82, 2.24) is 5.32 Å². The third-order valence-corrected chi connectivity index (χ3v) is 4.08. The zero-order chi connectivity index (χ0) is 15.2. The number of nitrogens with one attached hydrogen (secondary N) is 1. The van der Waals surface area contributed by atoms with Gasteiger partial charge in [0, 0.05) is 5.75 Å². The molecule has 8 nitrogen and oxygen atoms in total. The molecule has 1 aromatic rings. The molecule has 0 aromatic heterocycles. The minimum atomic E-state index is -0.867. The predicted molar refractivity (Wildman–Crippen MR) is 74.6 cm³/mol. The van der Waals surface area contributed by atoms with Gasteiger partial charge in [0.25, 0.3) is 5.09 Å². The molecule has 1 aliphatic heterocycles. The number of carboxylic acids is 1. The molecule has 1 aromatic carbocycles. The van der Waals surface area contributed by atoms with Crippen LogP contribution in [0.15, 0.2) is 24.3 Å². The fourth-order valence-electron chi connectivity index (χ4n) is 1.82. The number of benzene rings is 1. The van der Waals surface area contributed by atoms with Crippen LogP contribution < -0.4 is 10.1 Å². The number of nitrogens with zero attached hydrogens (tertiary/aromatic N) is 1. The Bertz CT molecular complexity index is 509. The molecule has 1 heterocycles. The molecular formula is C12H14N2O6S. The van der Waals surface area contributed by atoms with Gasteiger partial charge in [-0.05, 0) is 17.7 Å². The van der Waals surface area contributed by atoms with Crippen molar-refractivity contribution >= 4 is 17.7 Å². The topological polar surface area (TPSA) is 111 Å². The highest BCUT2D eigenvalue weighted by Crippen LogP contribution is 2.33. The van der Waals surface area contributed by atoms with Crippen LogP contribution in [0.5, 0.6) is 5.75 Å². The molecule has 2 rings (SSSR count). The van der Waals surface area contributed by atoms with Crippen LogP contribution in [0.3, 0.4) is 0 Å². The average molecular weight is 314 g/mol. The van der Waals surface area contributed by atoms with Gasteiger partial charge in [0.2, 0.25) is 0 Å². The number of hydrogen-bond acceptors (Lipinski definition) is 7. The first-order valence-corrected chi connectivity index (χ1v) is 7.21. The van der Waals surface area contributed by atoms with Crippen molar-refractivity contribution in [3.05, 3.63) is 39.9 Å². The maximum Gasteiger partial charge on any atom is 0.321 e. The van der Waals surface area contributed by atoms with Crippen LogP contribution >= 0.6 is 11.8 Å². The molecule has 21 heavy (non-hydrogen) atoms. The van der Waals surface area contributed by atoms with E-state index in [4.69, 9.17) is 9.84 Å². The Labute approximate surface area is 124 Å². The lowest BCUT2D eigenvalue weighted by molar-refractivity contribution is -0.757.